The van der Waals surface area contributed by atoms with Crippen LogP contribution in [-0.2, 0) is 6.54 Å². The monoisotopic (exact) mass is 416 g/mol. The van der Waals surface area contributed by atoms with Crippen LogP contribution < -0.4 is 5.32 Å². The summed E-state index contributed by atoms with van der Waals surface area (Å²) in [4.78, 5) is 23.2. The standard InChI is InChI=1S/C23H17FN4O3/c24-21-11-10-18(28(30)31)14-22(21)26-23(29)20-5-2-1-4-19(20)17-8-6-16(7-9-17)15-27-13-3-12-25-27/h1-14H,15H2,(H,26,29). The van der Waals surface area contributed by atoms with Crippen molar-refractivity contribution >= 4 is 17.3 Å². The molecule has 4 aromatic rings. The van der Waals surface area contributed by atoms with Gasteiger partial charge < -0.3 is 5.32 Å². The average molecular weight is 416 g/mol. The lowest BCUT2D eigenvalue weighted by molar-refractivity contribution is -0.384. The first kappa shape index (κ1) is 20.0. The average Bonchev–Trinajstić information content (AvgIpc) is 3.29. The number of hydrogen-bond acceptors (Lipinski definition) is 4. The molecule has 1 N–H and O–H groups in total. The first-order valence-electron chi connectivity index (χ1n) is 9.42. The number of aromatic nitrogens is 2. The molecule has 1 heterocycles. The van der Waals surface area contributed by atoms with Crippen molar-refractivity contribution in [1.29, 1.82) is 0 Å². The third-order valence-electron chi connectivity index (χ3n) is 4.75. The number of amides is 1. The van der Waals surface area contributed by atoms with Gasteiger partial charge in [0.05, 0.1) is 17.2 Å². The Kier molecular flexibility index (Phi) is 5.53. The van der Waals surface area contributed by atoms with Crippen LogP contribution >= 0.6 is 0 Å². The molecular weight excluding hydrogens is 399 g/mol. The predicted molar refractivity (Wildman–Crippen MR) is 114 cm³/mol. The van der Waals surface area contributed by atoms with Crippen molar-refractivity contribution < 1.29 is 14.1 Å². The Morgan fingerprint density at radius 3 is 2.55 bits per heavy atom. The summed E-state index contributed by atoms with van der Waals surface area (Å²) in [5.74, 6) is -1.31. The van der Waals surface area contributed by atoms with Gasteiger partial charge >= 0.3 is 0 Å². The van der Waals surface area contributed by atoms with Gasteiger partial charge in [0, 0.05) is 30.1 Å². The van der Waals surface area contributed by atoms with E-state index in [1.54, 1.807) is 30.5 Å². The van der Waals surface area contributed by atoms with E-state index >= 15 is 0 Å². The Bertz CT molecular complexity index is 1240. The number of nitro groups is 1. The summed E-state index contributed by atoms with van der Waals surface area (Å²) in [6.45, 7) is 0.626. The highest BCUT2D eigenvalue weighted by Gasteiger charge is 2.17. The van der Waals surface area contributed by atoms with Crippen molar-refractivity contribution in [3.05, 3.63) is 112 Å². The molecule has 0 aliphatic heterocycles. The normalized spacial score (nSPS) is 10.6. The fourth-order valence-corrected chi connectivity index (χ4v) is 3.22. The number of nitro benzene ring substituents is 1. The molecule has 8 heteroatoms. The minimum atomic E-state index is -0.751. The van der Waals surface area contributed by atoms with E-state index in [0.717, 1.165) is 29.3 Å². The SMILES string of the molecule is O=C(Nc1cc([N+](=O)[O-])ccc1F)c1ccccc1-c1ccc(Cn2cccn2)cc1. The van der Waals surface area contributed by atoms with Gasteiger partial charge in [-0.05, 0) is 34.9 Å². The van der Waals surface area contributed by atoms with E-state index in [0.29, 0.717) is 17.7 Å². The summed E-state index contributed by atoms with van der Waals surface area (Å²) >= 11 is 0. The second kappa shape index (κ2) is 8.58. The van der Waals surface area contributed by atoms with Crippen molar-refractivity contribution in [2.24, 2.45) is 0 Å². The molecule has 0 atom stereocenters. The van der Waals surface area contributed by atoms with Crippen LogP contribution in [0.3, 0.4) is 0 Å². The van der Waals surface area contributed by atoms with Crippen LogP contribution in [-0.4, -0.2) is 20.6 Å². The van der Waals surface area contributed by atoms with Gasteiger partial charge in [-0.25, -0.2) is 4.39 Å². The fourth-order valence-electron chi connectivity index (χ4n) is 3.22. The molecule has 0 saturated heterocycles. The van der Waals surface area contributed by atoms with Crippen LogP contribution in [0, 0.1) is 15.9 Å². The van der Waals surface area contributed by atoms with Crippen molar-refractivity contribution in [2.75, 3.05) is 5.32 Å². The molecule has 0 aliphatic rings. The molecule has 0 spiro atoms. The van der Waals surface area contributed by atoms with Gasteiger partial charge in [0.2, 0.25) is 0 Å². The maximum Gasteiger partial charge on any atom is 0.271 e. The lowest BCUT2D eigenvalue weighted by atomic mass is 9.98. The number of benzene rings is 3. The first-order valence-corrected chi connectivity index (χ1v) is 9.42. The number of halogens is 1. The van der Waals surface area contributed by atoms with Crippen LogP contribution in [0.1, 0.15) is 15.9 Å². The molecule has 0 radical (unpaired) electrons. The number of carbonyl (C=O) groups is 1. The van der Waals surface area contributed by atoms with Crippen LogP contribution in [0.15, 0.2) is 85.2 Å². The number of rotatable bonds is 6. The quantitative estimate of drug-likeness (QED) is 0.358. The third kappa shape index (κ3) is 4.48. The molecule has 0 saturated carbocycles. The van der Waals surface area contributed by atoms with Crippen molar-refractivity contribution in [2.45, 2.75) is 6.54 Å². The van der Waals surface area contributed by atoms with E-state index in [4.69, 9.17) is 0 Å². The van der Waals surface area contributed by atoms with E-state index in [9.17, 15) is 19.3 Å². The Labute approximate surface area is 176 Å². The molecule has 31 heavy (non-hydrogen) atoms. The maximum atomic E-state index is 14.1. The van der Waals surface area contributed by atoms with Crippen molar-refractivity contribution in [3.8, 4) is 11.1 Å². The minimum absolute atomic E-state index is 0.247. The summed E-state index contributed by atoms with van der Waals surface area (Å²) in [6.07, 6.45) is 3.59. The van der Waals surface area contributed by atoms with Gasteiger partial charge in [-0.15, -0.1) is 0 Å². The molecule has 0 unspecified atom stereocenters. The summed E-state index contributed by atoms with van der Waals surface area (Å²) in [5.41, 5.74) is 2.30. The number of carbonyl (C=O) groups excluding carboxylic acids is 1. The molecule has 0 fully saturated rings. The van der Waals surface area contributed by atoms with E-state index < -0.39 is 16.6 Å². The number of nitrogens with zero attached hydrogens (tertiary/aromatic N) is 3. The molecule has 3 aromatic carbocycles. The zero-order valence-electron chi connectivity index (χ0n) is 16.2. The van der Waals surface area contributed by atoms with Crippen molar-refractivity contribution in [1.82, 2.24) is 9.78 Å². The lowest BCUT2D eigenvalue weighted by Crippen LogP contribution is -2.14. The minimum Gasteiger partial charge on any atom is -0.319 e. The van der Waals surface area contributed by atoms with Crippen LogP contribution in [0.25, 0.3) is 11.1 Å². The van der Waals surface area contributed by atoms with Crippen LogP contribution in [0.2, 0.25) is 0 Å². The number of non-ortho nitro benzene ring substituents is 1. The lowest BCUT2D eigenvalue weighted by Gasteiger charge is -2.12. The number of hydrogen-bond donors (Lipinski definition) is 1. The van der Waals surface area contributed by atoms with Crippen molar-refractivity contribution in [3.63, 3.8) is 0 Å². The summed E-state index contributed by atoms with van der Waals surface area (Å²) < 4.78 is 15.9. The second-order valence-corrected chi connectivity index (χ2v) is 6.82. The largest absolute Gasteiger partial charge is 0.319 e. The molecule has 0 aliphatic carbocycles. The molecular formula is C23H17FN4O3. The Morgan fingerprint density at radius 1 is 1.06 bits per heavy atom. The zero-order chi connectivity index (χ0) is 21.8. The molecule has 1 amide bonds. The second-order valence-electron chi connectivity index (χ2n) is 6.82. The smallest absolute Gasteiger partial charge is 0.271 e. The van der Waals surface area contributed by atoms with Crippen LogP contribution in [0.4, 0.5) is 15.8 Å². The first-order chi connectivity index (χ1) is 15.0. The molecule has 154 valence electrons. The fraction of sp³-hybridized carbons (Fsp3) is 0.0435. The Balaban J connectivity index is 1.59. The van der Waals surface area contributed by atoms with E-state index in [1.165, 1.54) is 0 Å². The van der Waals surface area contributed by atoms with Gasteiger partial charge in [0.25, 0.3) is 11.6 Å². The third-order valence-corrected chi connectivity index (χ3v) is 4.75. The summed E-state index contributed by atoms with van der Waals surface area (Å²) in [5, 5.41) is 17.6. The molecule has 7 nitrogen and oxygen atoms in total. The Morgan fingerprint density at radius 2 is 1.84 bits per heavy atom. The van der Waals surface area contributed by atoms with Gasteiger partial charge in [0.1, 0.15) is 5.82 Å². The topological polar surface area (TPSA) is 90.1 Å². The Hall–Kier alpha value is -4.33. The number of nitrogens with one attached hydrogen (secondary N) is 1. The van der Waals surface area contributed by atoms with E-state index in [-0.39, 0.29) is 11.4 Å². The van der Waals surface area contributed by atoms with Gasteiger partial charge in [-0.3, -0.25) is 19.6 Å². The zero-order valence-corrected chi connectivity index (χ0v) is 16.2. The highest BCUT2D eigenvalue weighted by Crippen LogP contribution is 2.27. The van der Waals surface area contributed by atoms with Gasteiger partial charge in [0.15, 0.2) is 0 Å². The highest BCUT2D eigenvalue weighted by atomic mass is 19.1. The predicted octanol–water partition coefficient (Wildman–Crippen LogP) is 4.90. The molecule has 1 aromatic heterocycles. The summed E-state index contributed by atoms with van der Waals surface area (Å²) in [7, 11) is 0. The van der Waals surface area contributed by atoms with Gasteiger partial charge in [-0.2, -0.15) is 5.10 Å². The molecule has 0 bridgehead atoms. The highest BCUT2D eigenvalue weighted by molar-refractivity contribution is 6.08. The molecule has 4 rings (SSSR count). The van der Waals surface area contributed by atoms with E-state index in [2.05, 4.69) is 10.4 Å². The van der Waals surface area contributed by atoms with E-state index in [1.807, 2.05) is 41.2 Å². The number of anilines is 1. The van der Waals surface area contributed by atoms with Gasteiger partial charge in [-0.1, -0.05) is 42.5 Å². The maximum absolute atomic E-state index is 14.1. The van der Waals surface area contributed by atoms with Crippen LogP contribution in [0.5, 0.6) is 0 Å². The summed E-state index contributed by atoms with van der Waals surface area (Å²) in [6, 6.07) is 19.5.